The zero-order chi connectivity index (χ0) is 19.4. The first kappa shape index (κ1) is 19.5. The van der Waals surface area contributed by atoms with Crippen molar-refractivity contribution in [1.82, 2.24) is 4.98 Å². The molecule has 2 aromatic carbocycles. The first-order valence-electron chi connectivity index (χ1n) is 8.52. The van der Waals surface area contributed by atoms with Crippen LogP contribution in [0.4, 0.5) is 9.52 Å². The number of nitrogens with two attached hydrogens (primary N) is 1. The first-order chi connectivity index (χ1) is 12.9. The van der Waals surface area contributed by atoms with Gasteiger partial charge in [0.2, 0.25) is 10.0 Å². The molecule has 1 heterocycles. The molecule has 27 heavy (non-hydrogen) atoms. The number of nitrogens with one attached hydrogen (secondary N) is 1. The van der Waals surface area contributed by atoms with Gasteiger partial charge in [-0.3, -0.25) is 0 Å². The van der Waals surface area contributed by atoms with E-state index in [1.807, 2.05) is 0 Å². The van der Waals surface area contributed by atoms with Crippen LogP contribution in [0.2, 0.25) is 0 Å². The van der Waals surface area contributed by atoms with Crippen molar-refractivity contribution in [2.75, 3.05) is 11.9 Å². The summed E-state index contributed by atoms with van der Waals surface area (Å²) >= 11 is 1.48. The van der Waals surface area contributed by atoms with Gasteiger partial charge in [-0.2, -0.15) is 0 Å². The van der Waals surface area contributed by atoms with Crippen LogP contribution in [0.15, 0.2) is 53.4 Å². The van der Waals surface area contributed by atoms with Gasteiger partial charge in [-0.25, -0.2) is 22.9 Å². The van der Waals surface area contributed by atoms with Gasteiger partial charge in [0, 0.05) is 12.1 Å². The average Bonchev–Trinajstić information content (AvgIpc) is 3.06. The summed E-state index contributed by atoms with van der Waals surface area (Å²) in [7, 11) is -3.74. The highest BCUT2D eigenvalue weighted by Crippen LogP contribution is 2.39. The van der Waals surface area contributed by atoms with E-state index in [9.17, 15) is 12.8 Å². The molecule has 0 aliphatic carbocycles. The third-order valence-corrected chi connectivity index (χ3v) is 5.99. The summed E-state index contributed by atoms with van der Waals surface area (Å²) in [5.74, 6) is -0.311. The predicted octanol–water partition coefficient (Wildman–Crippen LogP) is 4.48. The summed E-state index contributed by atoms with van der Waals surface area (Å²) < 4.78 is 36.2. The van der Waals surface area contributed by atoms with E-state index < -0.39 is 10.0 Å². The zero-order valence-electron chi connectivity index (χ0n) is 14.8. The number of halogens is 1. The van der Waals surface area contributed by atoms with E-state index in [4.69, 9.17) is 5.14 Å². The van der Waals surface area contributed by atoms with E-state index in [-0.39, 0.29) is 10.7 Å². The van der Waals surface area contributed by atoms with Crippen LogP contribution in [0, 0.1) is 5.82 Å². The first-order valence-corrected chi connectivity index (χ1v) is 10.9. The van der Waals surface area contributed by atoms with E-state index in [1.165, 1.54) is 35.6 Å². The molecule has 142 valence electrons. The van der Waals surface area contributed by atoms with Gasteiger partial charge in [0.1, 0.15) is 5.82 Å². The number of rotatable bonds is 7. The monoisotopic (exact) mass is 405 g/mol. The minimum Gasteiger partial charge on any atom is -0.361 e. The zero-order valence-corrected chi connectivity index (χ0v) is 16.4. The van der Waals surface area contributed by atoms with Crippen molar-refractivity contribution >= 4 is 26.5 Å². The highest BCUT2D eigenvalue weighted by atomic mass is 32.2. The lowest BCUT2D eigenvalue weighted by Crippen LogP contribution is -2.11. The molecule has 0 fully saturated rings. The third kappa shape index (κ3) is 4.71. The number of benzene rings is 2. The van der Waals surface area contributed by atoms with Crippen LogP contribution in [0.5, 0.6) is 0 Å². The minimum absolute atomic E-state index is 0.0559. The van der Waals surface area contributed by atoms with Gasteiger partial charge in [0.25, 0.3) is 0 Å². The summed E-state index contributed by atoms with van der Waals surface area (Å²) in [6.45, 7) is 2.93. The molecular weight excluding hydrogens is 385 g/mol. The highest BCUT2D eigenvalue weighted by Gasteiger charge is 2.16. The van der Waals surface area contributed by atoms with Gasteiger partial charge in [-0.1, -0.05) is 36.8 Å². The molecule has 0 saturated carbocycles. The van der Waals surface area contributed by atoms with Crippen molar-refractivity contribution in [3.8, 4) is 21.7 Å². The van der Waals surface area contributed by atoms with Crippen LogP contribution < -0.4 is 10.5 Å². The van der Waals surface area contributed by atoms with E-state index in [2.05, 4.69) is 17.2 Å². The lowest BCUT2D eigenvalue weighted by molar-refractivity contribution is 0.598. The molecule has 0 bridgehead atoms. The minimum atomic E-state index is -3.74. The fraction of sp³-hybridized carbons (Fsp3) is 0.211. The third-order valence-electron chi connectivity index (χ3n) is 4.00. The van der Waals surface area contributed by atoms with E-state index >= 15 is 0 Å². The Kier molecular flexibility index (Phi) is 5.88. The van der Waals surface area contributed by atoms with Crippen LogP contribution in [0.25, 0.3) is 21.7 Å². The second-order valence-electron chi connectivity index (χ2n) is 6.05. The Balaban J connectivity index is 2.02. The predicted molar refractivity (Wildman–Crippen MR) is 108 cm³/mol. The standard InChI is InChI=1S/C19H20FN3O2S2/c1-2-3-12-22-19-23-17(13-4-8-15(20)9-5-13)18(26-19)14-6-10-16(11-7-14)27(21,24)25/h4-11H,2-3,12H2,1H3,(H,22,23)(H2,21,24,25). The molecule has 1 aromatic heterocycles. The van der Waals surface area contributed by atoms with Crippen molar-refractivity contribution in [3.63, 3.8) is 0 Å². The number of primary sulfonamides is 1. The number of hydrogen-bond acceptors (Lipinski definition) is 5. The number of hydrogen-bond donors (Lipinski definition) is 2. The van der Waals surface area contributed by atoms with Crippen molar-refractivity contribution < 1.29 is 12.8 Å². The number of nitrogens with zero attached hydrogens (tertiary/aromatic N) is 1. The fourth-order valence-corrected chi connectivity index (χ4v) is 4.10. The molecule has 3 rings (SSSR count). The maximum atomic E-state index is 13.3. The topological polar surface area (TPSA) is 85.1 Å². The Morgan fingerprint density at radius 3 is 2.30 bits per heavy atom. The van der Waals surface area contributed by atoms with Gasteiger partial charge in [0.15, 0.2) is 5.13 Å². The van der Waals surface area contributed by atoms with Crippen LogP contribution in [-0.4, -0.2) is 19.9 Å². The summed E-state index contributed by atoms with van der Waals surface area (Å²) in [6.07, 6.45) is 2.11. The number of unbranched alkanes of at least 4 members (excludes halogenated alkanes) is 1. The second kappa shape index (κ2) is 8.16. The maximum absolute atomic E-state index is 13.3. The molecule has 0 aliphatic heterocycles. The number of thiazole rings is 1. The average molecular weight is 406 g/mol. The Hall–Kier alpha value is -2.29. The van der Waals surface area contributed by atoms with Crippen LogP contribution in [-0.2, 0) is 10.0 Å². The summed E-state index contributed by atoms with van der Waals surface area (Å²) in [4.78, 5) is 5.60. The van der Waals surface area contributed by atoms with Gasteiger partial charge in [0.05, 0.1) is 15.5 Å². The molecule has 0 atom stereocenters. The van der Waals surface area contributed by atoms with Crippen molar-refractivity contribution in [1.29, 1.82) is 0 Å². The lowest BCUT2D eigenvalue weighted by atomic mass is 10.1. The quantitative estimate of drug-likeness (QED) is 0.568. The lowest BCUT2D eigenvalue weighted by Gasteiger charge is -2.04. The summed E-state index contributed by atoms with van der Waals surface area (Å²) in [6, 6.07) is 12.5. The van der Waals surface area contributed by atoms with Gasteiger partial charge in [-0.05, 0) is 48.4 Å². The normalized spacial score (nSPS) is 11.5. The maximum Gasteiger partial charge on any atom is 0.238 e. The van der Waals surface area contributed by atoms with Gasteiger partial charge < -0.3 is 5.32 Å². The Bertz CT molecular complexity index is 1010. The fourth-order valence-electron chi connectivity index (χ4n) is 2.56. The van der Waals surface area contributed by atoms with E-state index in [1.54, 1.807) is 24.3 Å². The number of sulfonamides is 1. The van der Waals surface area contributed by atoms with Crippen molar-refractivity contribution in [3.05, 3.63) is 54.3 Å². The van der Waals surface area contributed by atoms with E-state index in [0.29, 0.717) is 0 Å². The molecule has 8 heteroatoms. The SMILES string of the molecule is CCCCNc1nc(-c2ccc(F)cc2)c(-c2ccc(S(N)(=O)=O)cc2)s1. The van der Waals surface area contributed by atoms with Crippen molar-refractivity contribution in [2.24, 2.45) is 5.14 Å². The van der Waals surface area contributed by atoms with Crippen molar-refractivity contribution in [2.45, 2.75) is 24.7 Å². The molecule has 5 nitrogen and oxygen atoms in total. The molecular formula is C19H20FN3O2S2. The highest BCUT2D eigenvalue weighted by molar-refractivity contribution is 7.89. The Morgan fingerprint density at radius 2 is 1.70 bits per heavy atom. The van der Waals surface area contributed by atoms with Crippen LogP contribution in [0.1, 0.15) is 19.8 Å². The molecule has 0 saturated heterocycles. The molecule has 3 N–H and O–H groups in total. The molecule has 0 amide bonds. The largest absolute Gasteiger partial charge is 0.361 e. The number of aromatic nitrogens is 1. The molecule has 3 aromatic rings. The van der Waals surface area contributed by atoms with Gasteiger partial charge >= 0.3 is 0 Å². The molecule has 0 radical (unpaired) electrons. The van der Waals surface area contributed by atoms with Crippen LogP contribution >= 0.6 is 11.3 Å². The molecule has 0 aliphatic rings. The van der Waals surface area contributed by atoms with Crippen LogP contribution in [0.3, 0.4) is 0 Å². The molecule has 0 unspecified atom stereocenters. The Labute approximate surface area is 162 Å². The van der Waals surface area contributed by atoms with E-state index in [0.717, 1.165) is 46.2 Å². The Morgan fingerprint density at radius 1 is 1.07 bits per heavy atom. The van der Waals surface area contributed by atoms with Gasteiger partial charge in [-0.15, -0.1) is 0 Å². The smallest absolute Gasteiger partial charge is 0.238 e. The summed E-state index contributed by atoms with van der Waals surface area (Å²) in [5.41, 5.74) is 2.34. The molecule has 0 spiro atoms. The summed E-state index contributed by atoms with van der Waals surface area (Å²) in [5, 5.41) is 9.25. The second-order valence-corrected chi connectivity index (χ2v) is 8.61. The number of anilines is 1.